The number of carbonyl (C=O) groups is 1. The van der Waals surface area contributed by atoms with Crippen molar-refractivity contribution in [1.29, 1.82) is 0 Å². The van der Waals surface area contributed by atoms with Gasteiger partial charge in [0.2, 0.25) is 0 Å². The quantitative estimate of drug-likeness (QED) is 0.775. The summed E-state index contributed by atoms with van der Waals surface area (Å²) in [4.78, 5) is 23.0. The molecule has 0 amide bonds. The molecule has 2 unspecified atom stereocenters. The van der Waals surface area contributed by atoms with Crippen LogP contribution < -0.4 is 4.90 Å². The zero-order valence-corrected chi connectivity index (χ0v) is 17.4. The van der Waals surface area contributed by atoms with Crippen LogP contribution in [0, 0.1) is 23.2 Å². The molecule has 2 aromatic heterocycles. The van der Waals surface area contributed by atoms with Gasteiger partial charge >= 0.3 is 5.97 Å². The summed E-state index contributed by atoms with van der Waals surface area (Å²) < 4.78 is 5.56. The first kappa shape index (κ1) is 18.0. The van der Waals surface area contributed by atoms with E-state index >= 15 is 0 Å². The number of pyridine rings is 1. The predicted molar refractivity (Wildman–Crippen MR) is 110 cm³/mol. The summed E-state index contributed by atoms with van der Waals surface area (Å²) in [5, 5.41) is 1.01. The van der Waals surface area contributed by atoms with Crippen molar-refractivity contribution in [3.05, 3.63) is 24.0 Å². The molecule has 150 valence electrons. The first-order valence-electron chi connectivity index (χ1n) is 10.7. The Morgan fingerprint density at radius 2 is 2.00 bits per heavy atom. The molecule has 4 saturated carbocycles. The predicted octanol–water partition coefficient (Wildman–Crippen LogP) is 4.78. The van der Waals surface area contributed by atoms with E-state index in [0.29, 0.717) is 17.0 Å². The standard InChI is InChI=1S/C23H31N3O2/c1-13(2)28-22(27)18-12-25-21-17(5-6-24-21)20(18)26(4)19-15-7-14-8-16(19)11-23(3,9-14)10-15/h5-6,12-16,19H,7-11H2,1-4H3,(H,24,25). The van der Waals surface area contributed by atoms with E-state index in [1.807, 2.05) is 26.1 Å². The monoisotopic (exact) mass is 381 g/mol. The molecule has 2 atom stereocenters. The highest BCUT2D eigenvalue weighted by molar-refractivity contribution is 6.04. The van der Waals surface area contributed by atoms with Gasteiger partial charge in [0.05, 0.1) is 11.8 Å². The SMILES string of the molecule is CC(C)OC(=O)c1cnc2[nH]ccc2c1N(C)C1C2CC3CC1CC(C)(C3)C2. The maximum atomic E-state index is 12.9. The van der Waals surface area contributed by atoms with E-state index in [2.05, 4.69) is 28.8 Å². The highest BCUT2D eigenvalue weighted by atomic mass is 16.5. The minimum Gasteiger partial charge on any atom is -0.459 e. The lowest BCUT2D eigenvalue weighted by atomic mass is 9.48. The first-order chi connectivity index (χ1) is 13.3. The Hall–Kier alpha value is -2.04. The molecule has 2 aromatic rings. The molecule has 5 heteroatoms. The molecule has 6 rings (SSSR count). The Labute approximate surface area is 166 Å². The Bertz CT molecular complexity index is 902. The average molecular weight is 382 g/mol. The van der Waals surface area contributed by atoms with Crippen molar-refractivity contribution in [3.63, 3.8) is 0 Å². The van der Waals surface area contributed by atoms with Crippen LogP contribution in [-0.4, -0.2) is 35.1 Å². The Kier molecular flexibility index (Phi) is 4.01. The normalized spacial score (nSPS) is 33.6. The number of anilines is 1. The number of ether oxygens (including phenoxy) is 1. The van der Waals surface area contributed by atoms with E-state index in [-0.39, 0.29) is 12.1 Å². The molecule has 0 aromatic carbocycles. The maximum Gasteiger partial charge on any atom is 0.342 e. The number of hydrogen-bond donors (Lipinski definition) is 1. The second kappa shape index (κ2) is 6.23. The molecule has 4 aliphatic rings. The van der Waals surface area contributed by atoms with Gasteiger partial charge in [0.1, 0.15) is 11.2 Å². The van der Waals surface area contributed by atoms with Gasteiger partial charge in [0, 0.05) is 30.9 Å². The number of carbonyl (C=O) groups excluding carboxylic acids is 1. The van der Waals surface area contributed by atoms with E-state index in [0.717, 1.165) is 34.5 Å². The van der Waals surface area contributed by atoms with Crippen molar-refractivity contribution in [2.75, 3.05) is 11.9 Å². The number of rotatable bonds is 4. The number of nitrogens with zero attached hydrogens (tertiary/aromatic N) is 2. The van der Waals surface area contributed by atoms with E-state index in [9.17, 15) is 4.79 Å². The average Bonchev–Trinajstić information content (AvgIpc) is 3.06. The van der Waals surface area contributed by atoms with Gasteiger partial charge < -0.3 is 14.6 Å². The van der Waals surface area contributed by atoms with Gasteiger partial charge in [-0.1, -0.05) is 6.92 Å². The Morgan fingerprint density at radius 3 is 2.64 bits per heavy atom. The number of aromatic amines is 1. The number of aromatic nitrogens is 2. The molecule has 0 spiro atoms. The molecule has 4 bridgehead atoms. The molecule has 5 nitrogen and oxygen atoms in total. The van der Waals surface area contributed by atoms with Crippen molar-refractivity contribution in [2.45, 2.75) is 65.0 Å². The van der Waals surface area contributed by atoms with Crippen LogP contribution in [0.5, 0.6) is 0 Å². The van der Waals surface area contributed by atoms with Gasteiger partial charge in [0.25, 0.3) is 0 Å². The smallest absolute Gasteiger partial charge is 0.342 e. The van der Waals surface area contributed by atoms with E-state index in [1.165, 1.54) is 32.1 Å². The van der Waals surface area contributed by atoms with Gasteiger partial charge in [0.15, 0.2) is 0 Å². The first-order valence-corrected chi connectivity index (χ1v) is 10.7. The lowest BCUT2D eigenvalue weighted by Gasteiger charge is -2.61. The fraction of sp³-hybridized carbons (Fsp3) is 0.652. The lowest BCUT2D eigenvalue weighted by Crippen LogP contribution is -2.58. The van der Waals surface area contributed by atoms with Gasteiger partial charge in [-0.3, -0.25) is 0 Å². The second-order valence-electron chi connectivity index (χ2n) is 10.1. The van der Waals surface area contributed by atoms with Gasteiger partial charge in [-0.05, 0) is 75.2 Å². The summed E-state index contributed by atoms with van der Waals surface area (Å²) in [6.45, 7) is 6.28. The number of nitrogens with one attached hydrogen (secondary N) is 1. The van der Waals surface area contributed by atoms with E-state index < -0.39 is 0 Å². The summed E-state index contributed by atoms with van der Waals surface area (Å²) in [6, 6.07) is 2.54. The fourth-order valence-corrected chi connectivity index (χ4v) is 6.99. The molecule has 28 heavy (non-hydrogen) atoms. The number of fused-ring (bicyclic) bond motifs is 1. The lowest BCUT2D eigenvalue weighted by molar-refractivity contribution is -0.0571. The van der Waals surface area contributed by atoms with Crippen LogP contribution in [0.2, 0.25) is 0 Å². The second-order valence-corrected chi connectivity index (χ2v) is 10.1. The van der Waals surface area contributed by atoms with Crippen LogP contribution in [-0.2, 0) is 4.74 Å². The van der Waals surface area contributed by atoms with Gasteiger partial charge in [-0.2, -0.15) is 0 Å². The Morgan fingerprint density at radius 1 is 1.29 bits per heavy atom. The zero-order valence-electron chi connectivity index (χ0n) is 17.4. The van der Waals surface area contributed by atoms with Crippen molar-refractivity contribution in [1.82, 2.24) is 9.97 Å². The molecule has 4 fully saturated rings. The molecule has 2 heterocycles. The van der Waals surface area contributed by atoms with Crippen molar-refractivity contribution >= 4 is 22.7 Å². The third kappa shape index (κ3) is 2.73. The summed E-state index contributed by atoms with van der Waals surface area (Å²) in [7, 11) is 2.18. The summed E-state index contributed by atoms with van der Waals surface area (Å²) in [5.41, 5.74) is 2.94. The maximum absolute atomic E-state index is 12.9. The van der Waals surface area contributed by atoms with Crippen molar-refractivity contribution in [3.8, 4) is 0 Å². The fourth-order valence-electron chi connectivity index (χ4n) is 6.99. The van der Waals surface area contributed by atoms with Gasteiger partial charge in [-0.25, -0.2) is 9.78 Å². The van der Waals surface area contributed by atoms with Crippen LogP contribution in [0.4, 0.5) is 5.69 Å². The highest BCUT2D eigenvalue weighted by Crippen LogP contribution is 2.61. The summed E-state index contributed by atoms with van der Waals surface area (Å²) in [6.07, 6.45) is 10.2. The van der Waals surface area contributed by atoms with Crippen LogP contribution in [0.25, 0.3) is 11.0 Å². The molecular weight excluding hydrogens is 350 g/mol. The molecule has 4 aliphatic carbocycles. The summed E-state index contributed by atoms with van der Waals surface area (Å²) in [5.74, 6) is 2.07. The molecule has 0 aliphatic heterocycles. The molecule has 0 radical (unpaired) electrons. The topological polar surface area (TPSA) is 58.2 Å². The number of hydrogen-bond acceptors (Lipinski definition) is 4. The van der Waals surface area contributed by atoms with E-state index in [4.69, 9.17) is 4.74 Å². The summed E-state index contributed by atoms with van der Waals surface area (Å²) >= 11 is 0. The van der Waals surface area contributed by atoms with Gasteiger partial charge in [-0.15, -0.1) is 0 Å². The minimum absolute atomic E-state index is 0.145. The largest absolute Gasteiger partial charge is 0.459 e. The Balaban J connectivity index is 1.57. The van der Waals surface area contributed by atoms with Crippen molar-refractivity contribution in [2.24, 2.45) is 23.2 Å². The van der Waals surface area contributed by atoms with Crippen molar-refractivity contribution < 1.29 is 9.53 Å². The van der Waals surface area contributed by atoms with Crippen LogP contribution in [0.3, 0.4) is 0 Å². The molecular formula is C23H31N3O2. The molecule has 1 N–H and O–H groups in total. The van der Waals surface area contributed by atoms with E-state index in [1.54, 1.807) is 6.20 Å². The minimum atomic E-state index is -0.275. The number of H-pyrrole nitrogens is 1. The number of esters is 1. The zero-order chi connectivity index (χ0) is 19.6. The molecule has 0 saturated heterocycles. The van der Waals surface area contributed by atoms with Crippen LogP contribution >= 0.6 is 0 Å². The van der Waals surface area contributed by atoms with Crippen LogP contribution in [0.15, 0.2) is 18.5 Å². The highest BCUT2D eigenvalue weighted by Gasteiger charge is 2.54. The third-order valence-corrected chi connectivity index (χ3v) is 7.45. The third-order valence-electron chi connectivity index (χ3n) is 7.45. The van der Waals surface area contributed by atoms with Crippen LogP contribution in [0.1, 0.15) is 63.2 Å².